The van der Waals surface area contributed by atoms with E-state index in [9.17, 15) is 14.4 Å². The number of urea groups is 1. The molecule has 7 heteroatoms. The smallest absolute Gasteiger partial charge is 0.325 e. The molecular weight excluding hydrogens is 298 g/mol. The molecule has 3 N–H and O–H groups in total. The average molecular weight is 319 g/mol. The molecule has 0 unspecified atom stereocenters. The number of carbonyl (C=O) groups is 3. The quantitative estimate of drug-likeness (QED) is 0.415. The van der Waals surface area contributed by atoms with E-state index in [1.54, 1.807) is 13.8 Å². The van der Waals surface area contributed by atoms with Gasteiger partial charge in [0, 0.05) is 0 Å². The summed E-state index contributed by atoms with van der Waals surface area (Å²) in [4.78, 5) is 37.3. The molecule has 1 aromatic carbocycles. The van der Waals surface area contributed by atoms with Crippen LogP contribution in [0.2, 0.25) is 0 Å². The molecule has 2 atom stereocenters. The Balaban J connectivity index is 2.08. The van der Waals surface area contributed by atoms with Crippen LogP contribution >= 0.6 is 0 Å². The van der Waals surface area contributed by atoms with E-state index in [1.165, 1.54) is 5.48 Å². The van der Waals surface area contributed by atoms with E-state index in [2.05, 4.69) is 5.32 Å². The number of hydrogen-bond acceptors (Lipinski definition) is 4. The van der Waals surface area contributed by atoms with Gasteiger partial charge in [-0.25, -0.2) is 15.2 Å². The van der Waals surface area contributed by atoms with Crippen molar-refractivity contribution in [2.24, 2.45) is 5.92 Å². The number of hydrogen-bond donors (Lipinski definition) is 3. The van der Waals surface area contributed by atoms with E-state index >= 15 is 0 Å². The summed E-state index contributed by atoms with van der Waals surface area (Å²) in [5.74, 6) is -1.52. The summed E-state index contributed by atoms with van der Waals surface area (Å²) >= 11 is 0. The first-order valence-electron chi connectivity index (χ1n) is 7.57. The lowest BCUT2D eigenvalue weighted by Gasteiger charge is -2.26. The van der Waals surface area contributed by atoms with Crippen LogP contribution in [-0.2, 0) is 16.0 Å². The molecule has 0 spiro atoms. The zero-order valence-electron chi connectivity index (χ0n) is 13.2. The van der Waals surface area contributed by atoms with E-state index in [0.29, 0.717) is 12.8 Å². The fraction of sp³-hybridized carbons (Fsp3) is 0.438. The van der Waals surface area contributed by atoms with Gasteiger partial charge in [0.2, 0.25) is 0 Å². The molecule has 1 fully saturated rings. The summed E-state index contributed by atoms with van der Waals surface area (Å²) in [7, 11) is 0. The highest BCUT2D eigenvalue weighted by molar-refractivity contribution is 6.07. The monoisotopic (exact) mass is 319 g/mol. The van der Waals surface area contributed by atoms with Gasteiger partial charge in [-0.2, -0.15) is 0 Å². The predicted molar refractivity (Wildman–Crippen MR) is 82.5 cm³/mol. The van der Waals surface area contributed by atoms with Gasteiger partial charge in [0.25, 0.3) is 11.8 Å². The van der Waals surface area contributed by atoms with Crippen LogP contribution in [-0.4, -0.2) is 40.0 Å². The first-order valence-corrected chi connectivity index (χ1v) is 7.57. The molecule has 0 aliphatic carbocycles. The molecule has 0 radical (unpaired) electrons. The summed E-state index contributed by atoms with van der Waals surface area (Å²) in [6.45, 7) is 3.41. The number of imide groups is 1. The average Bonchev–Trinajstić information content (AvgIpc) is 2.81. The van der Waals surface area contributed by atoms with Gasteiger partial charge in [-0.1, -0.05) is 44.2 Å². The van der Waals surface area contributed by atoms with Gasteiger partial charge in [-0.15, -0.1) is 0 Å². The third-order valence-corrected chi connectivity index (χ3v) is 3.91. The Hall–Kier alpha value is -2.41. The zero-order valence-corrected chi connectivity index (χ0v) is 13.2. The largest absolute Gasteiger partial charge is 0.326 e. The minimum Gasteiger partial charge on any atom is -0.326 e. The maximum atomic E-state index is 12.5. The summed E-state index contributed by atoms with van der Waals surface area (Å²) < 4.78 is 0. The summed E-state index contributed by atoms with van der Waals surface area (Å²) in [6, 6.07) is 7.35. The molecule has 4 amide bonds. The Morgan fingerprint density at radius 1 is 1.30 bits per heavy atom. The maximum absolute atomic E-state index is 12.5. The van der Waals surface area contributed by atoms with Gasteiger partial charge in [-0.3, -0.25) is 14.8 Å². The lowest BCUT2D eigenvalue weighted by atomic mass is 10.0. The van der Waals surface area contributed by atoms with Crippen LogP contribution in [0.15, 0.2) is 30.3 Å². The van der Waals surface area contributed by atoms with Crippen LogP contribution in [0.1, 0.15) is 25.8 Å². The standard InChI is InChI=1S/C16H21N3O4/c1-10(2)13(14(20)18-23)19-15(21)12(17-16(19)22)9-8-11-6-4-3-5-7-11/h3-7,10,12-13,23H,8-9H2,1-2H3,(H,17,22)(H,18,20)/t12-,13-/m0/s1. The molecule has 2 rings (SSSR count). The number of carbonyl (C=O) groups excluding carboxylic acids is 3. The molecule has 124 valence electrons. The third-order valence-electron chi connectivity index (χ3n) is 3.91. The molecule has 23 heavy (non-hydrogen) atoms. The van der Waals surface area contributed by atoms with Crippen molar-refractivity contribution in [2.75, 3.05) is 0 Å². The summed E-state index contributed by atoms with van der Waals surface area (Å²) in [6.07, 6.45) is 1.10. The Kier molecular flexibility index (Phi) is 5.33. The first-order chi connectivity index (χ1) is 11.0. The Morgan fingerprint density at radius 3 is 2.52 bits per heavy atom. The fourth-order valence-electron chi connectivity index (χ4n) is 2.75. The van der Waals surface area contributed by atoms with Crippen molar-refractivity contribution in [3.8, 4) is 0 Å². The number of amides is 4. The molecule has 7 nitrogen and oxygen atoms in total. The van der Waals surface area contributed by atoms with Crippen LogP contribution in [0, 0.1) is 5.92 Å². The fourth-order valence-corrected chi connectivity index (χ4v) is 2.75. The van der Waals surface area contributed by atoms with Gasteiger partial charge < -0.3 is 5.32 Å². The number of benzene rings is 1. The van der Waals surface area contributed by atoms with Crippen molar-refractivity contribution in [2.45, 2.75) is 38.8 Å². The van der Waals surface area contributed by atoms with E-state index in [4.69, 9.17) is 5.21 Å². The Bertz CT molecular complexity index is 588. The van der Waals surface area contributed by atoms with Crippen molar-refractivity contribution >= 4 is 17.8 Å². The van der Waals surface area contributed by atoms with Gasteiger partial charge in [0.05, 0.1) is 0 Å². The lowest BCUT2D eigenvalue weighted by molar-refractivity contribution is -0.142. The molecule has 0 saturated carbocycles. The van der Waals surface area contributed by atoms with Crippen LogP contribution in [0.4, 0.5) is 4.79 Å². The van der Waals surface area contributed by atoms with Crippen LogP contribution in [0.5, 0.6) is 0 Å². The minimum absolute atomic E-state index is 0.315. The zero-order chi connectivity index (χ0) is 17.0. The number of aryl methyl sites for hydroxylation is 1. The van der Waals surface area contributed by atoms with Crippen molar-refractivity contribution in [1.82, 2.24) is 15.7 Å². The van der Waals surface area contributed by atoms with Crippen LogP contribution in [0.3, 0.4) is 0 Å². The van der Waals surface area contributed by atoms with Crippen LogP contribution in [0.25, 0.3) is 0 Å². The van der Waals surface area contributed by atoms with Crippen LogP contribution < -0.4 is 10.8 Å². The predicted octanol–water partition coefficient (Wildman–Crippen LogP) is 1.07. The summed E-state index contributed by atoms with van der Waals surface area (Å²) in [5.41, 5.74) is 2.60. The number of hydroxylamine groups is 1. The number of nitrogens with one attached hydrogen (secondary N) is 2. The molecule has 0 aromatic heterocycles. The number of rotatable bonds is 6. The highest BCUT2D eigenvalue weighted by Crippen LogP contribution is 2.20. The second-order valence-corrected chi connectivity index (χ2v) is 5.90. The van der Waals surface area contributed by atoms with E-state index in [-0.39, 0.29) is 5.92 Å². The van der Waals surface area contributed by atoms with E-state index in [1.807, 2.05) is 30.3 Å². The lowest BCUT2D eigenvalue weighted by Crippen LogP contribution is -2.52. The normalized spacial score (nSPS) is 19.0. The highest BCUT2D eigenvalue weighted by atomic mass is 16.5. The second-order valence-electron chi connectivity index (χ2n) is 5.90. The topological polar surface area (TPSA) is 98.7 Å². The minimum atomic E-state index is -1.03. The highest BCUT2D eigenvalue weighted by Gasteiger charge is 2.45. The molecule has 1 aliphatic rings. The Morgan fingerprint density at radius 2 is 1.96 bits per heavy atom. The van der Waals surface area contributed by atoms with Crippen molar-refractivity contribution in [3.63, 3.8) is 0 Å². The molecule has 0 bridgehead atoms. The first kappa shape index (κ1) is 17.0. The Labute approximate surface area is 134 Å². The maximum Gasteiger partial charge on any atom is 0.325 e. The van der Waals surface area contributed by atoms with Gasteiger partial charge >= 0.3 is 6.03 Å². The second kappa shape index (κ2) is 7.23. The van der Waals surface area contributed by atoms with Gasteiger partial charge in [-0.05, 0) is 24.3 Å². The summed E-state index contributed by atoms with van der Waals surface area (Å²) in [5, 5.41) is 11.4. The van der Waals surface area contributed by atoms with Crippen molar-refractivity contribution < 1.29 is 19.6 Å². The van der Waals surface area contributed by atoms with E-state index < -0.39 is 29.9 Å². The van der Waals surface area contributed by atoms with E-state index in [0.717, 1.165) is 10.5 Å². The molecule has 1 saturated heterocycles. The van der Waals surface area contributed by atoms with Crippen molar-refractivity contribution in [3.05, 3.63) is 35.9 Å². The van der Waals surface area contributed by atoms with Gasteiger partial charge in [0.15, 0.2) is 0 Å². The number of nitrogens with zero attached hydrogens (tertiary/aromatic N) is 1. The van der Waals surface area contributed by atoms with Gasteiger partial charge in [0.1, 0.15) is 12.1 Å². The molecule has 1 heterocycles. The molecular formula is C16H21N3O4. The van der Waals surface area contributed by atoms with Crippen molar-refractivity contribution in [1.29, 1.82) is 0 Å². The molecule has 1 aliphatic heterocycles. The SMILES string of the molecule is CC(C)[C@@H](C(=O)NO)N1C(=O)N[C@@H](CCc2ccccc2)C1=O. The third kappa shape index (κ3) is 3.68. The molecule has 1 aromatic rings.